The second-order valence-corrected chi connectivity index (χ2v) is 5.08. The van der Waals surface area contributed by atoms with Crippen molar-refractivity contribution >= 4 is 12.6 Å². The van der Waals surface area contributed by atoms with Gasteiger partial charge in [0.1, 0.15) is 0 Å². The van der Waals surface area contributed by atoms with Gasteiger partial charge in [-0.15, -0.1) is 0 Å². The summed E-state index contributed by atoms with van der Waals surface area (Å²) in [5, 5.41) is 0.663. The Balaban J connectivity index is 2.98. The van der Waals surface area contributed by atoms with E-state index in [0.717, 1.165) is 0 Å². The maximum absolute atomic E-state index is 4.57. The van der Waals surface area contributed by atoms with Crippen LogP contribution in [0.5, 0.6) is 0 Å². The van der Waals surface area contributed by atoms with Gasteiger partial charge in [0.15, 0.2) is 0 Å². The van der Waals surface area contributed by atoms with Gasteiger partial charge in [0.25, 0.3) is 0 Å². The van der Waals surface area contributed by atoms with Crippen LogP contribution in [0.1, 0.15) is 78.1 Å². The van der Waals surface area contributed by atoms with E-state index in [1.54, 1.807) is 0 Å². The molecule has 0 rings (SSSR count). The molecule has 0 heterocycles. The normalized spacial score (nSPS) is 13.1. The molecule has 0 aromatic rings. The van der Waals surface area contributed by atoms with Gasteiger partial charge in [-0.2, -0.15) is 12.6 Å². The van der Waals surface area contributed by atoms with Crippen molar-refractivity contribution < 1.29 is 0 Å². The van der Waals surface area contributed by atoms with E-state index in [1.165, 1.54) is 64.2 Å². The average molecular weight is 216 g/mol. The van der Waals surface area contributed by atoms with E-state index in [4.69, 9.17) is 0 Å². The number of hydrogen-bond donors (Lipinski definition) is 1. The lowest BCUT2D eigenvalue weighted by Crippen LogP contribution is -1.97. The molecule has 0 aromatic carbocycles. The highest BCUT2D eigenvalue weighted by Gasteiger charge is 2.00. The minimum Gasteiger partial charge on any atom is -0.176 e. The second kappa shape index (κ2) is 11.4. The minimum absolute atomic E-state index is 0.663. The quantitative estimate of drug-likeness (QED) is 0.375. The van der Waals surface area contributed by atoms with E-state index in [-0.39, 0.29) is 0 Å². The first-order valence-corrected chi connectivity index (χ1v) is 7.01. The topological polar surface area (TPSA) is 0 Å². The number of hydrogen-bond acceptors (Lipinski definition) is 1. The molecular weight excluding hydrogens is 188 g/mol. The standard InChI is InChI=1S/C13H28S/c1-3-5-6-7-8-9-10-12-13(14)11-4-2/h13-14H,3-12H2,1-2H3. The Morgan fingerprint density at radius 3 is 1.86 bits per heavy atom. The first-order valence-electron chi connectivity index (χ1n) is 6.49. The Bertz CT molecular complexity index is 101. The van der Waals surface area contributed by atoms with Crippen molar-refractivity contribution in [2.24, 2.45) is 0 Å². The zero-order valence-electron chi connectivity index (χ0n) is 10.1. The molecule has 0 saturated carbocycles. The summed E-state index contributed by atoms with van der Waals surface area (Å²) < 4.78 is 0. The van der Waals surface area contributed by atoms with E-state index in [1.807, 2.05) is 0 Å². The maximum atomic E-state index is 4.57. The summed E-state index contributed by atoms with van der Waals surface area (Å²) in [7, 11) is 0. The van der Waals surface area contributed by atoms with Crippen LogP contribution in [0, 0.1) is 0 Å². The molecule has 0 radical (unpaired) electrons. The van der Waals surface area contributed by atoms with E-state index in [2.05, 4.69) is 26.5 Å². The van der Waals surface area contributed by atoms with Crippen LogP contribution in [-0.2, 0) is 0 Å². The van der Waals surface area contributed by atoms with Crippen molar-refractivity contribution in [2.75, 3.05) is 0 Å². The van der Waals surface area contributed by atoms with Gasteiger partial charge < -0.3 is 0 Å². The third-order valence-corrected chi connectivity index (χ3v) is 3.28. The first-order chi connectivity index (χ1) is 6.81. The van der Waals surface area contributed by atoms with Gasteiger partial charge in [0.05, 0.1) is 0 Å². The van der Waals surface area contributed by atoms with Gasteiger partial charge in [0.2, 0.25) is 0 Å². The Kier molecular flexibility index (Phi) is 11.7. The minimum atomic E-state index is 0.663. The van der Waals surface area contributed by atoms with Crippen LogP contribution in [0.2, 0.25) is 0 Å². The molecule has 1 atom stereocenters. The highest BCUT2D eigenvalue weighted by Crippen LogP contribution is 2.15. The molecule has 1 unspecified atom stereocenters. The molecule has 0 saturated heterocycles. The van der Waals surface area contributed by atoms with Crippen LogP contribution in [0.4, 0.5) is 0 Å². The molecule has 0 N–H and O–H groups in total. The van der Waals surface area contributed by atoms with E-state index < -0.39 is 0 Å². The summed E-state index contributed by atoms with van der Waals surface area (Å²) in [6.45, 7) is 4.52. The largest absolute Gasteiger partial charge is 0.176 e. The molecular formula is C13H28S. The van der Waals surface area contributed by atoms with E-state index >= 15 is 0 Å². The molecule has 0 aromatic heterocycles. The smallest absolute Gasteiger partial charge is 0.00167 e. The molecule has 0 amide bonds. The van der Waals surface area contributed by atoms with Crippen molar-refractivity contribution in [3.05, 3.63) is 0 Å². The highest BCUT2D eigenvalue weighted by molar-refractivity contribution is 7.80. The van der Waals surface area contributed by atoms with E-state index in [0.29, 0.717) is 5.25 Å². The molecule has 0 aliphatic heterocycles. The number of thiol groups is 1. The lowest BCUT2D eigenvalue weighted by molar-refractivity contribution is 0.561. The van der Waals surface area contributed by atoms with Crippen LogP contribution < -0.4 is 0 Å². The predicted molar refractivity (Wildman–Crippen MR) is 70.3 cm³/mol. The zero-order valence-corrected chi connectivity index (χ0v) is 11.0. The van der Waals surface area contributed by atoms with Crippen molar-refractivity contribution in [2.45, 2.75) is 83.3 Å². The summed E-state index contributed by atoms with van der Waals surface area (Å²) in [6.07, 6.45) is 13.8. The molecule has 0 aliphatic rings. The van der Waals surface area contributed by atoms with E-state index in [9.17, 15) is 0 Å². The molecule has 0 nitrogen and oxygen atoms in total. The molecule has 0 bridgehead atoms. The fraction of sp³-hybridized carbons (Fsp3) is 1.00. The molecule has 0 fully saturated rings. The SMILES string of the molecule is CCCCCCCCCC(S)CCC. The molecule has 14 heavy (non-hydrogen) atoms. The fourth-order valence-corrected chi connectivity index (χ4v) is 2.26. The summed E-state index contributed by atoms with van der Waals surface area (Å²) >= 11 is 4.57. The Labute approximate surface area is 96.3 Å². The van der Waals surface area contributed by atoms with Crippen molar-refractivity contribution in [1.82, 2.24) is 0 Å². The lowest BCUT2D eigenvalue weighted by atomic mass is 10.1. The van der Waals surface area contributed by atoms with Gasteiger partial charge in [-0.25, -0.2) is 0 Å². The van der Waals surface area contributed by atoms with Crippen LogP contribution in [0.3, 0.4) is 0 Å². The van der Waals surface area contributed by atoms with Gasteiger partial charge in [-0.05, 0) is 12.8 Å². The maximum Gasteiger partial charge on any atom is 0.00167 e. The molecule has 1 heteroatoms. The molecule has 0 aliphatic carbocycles. The first kappa shape index (κ1) is 14.3. The highest BCUT2D eigenvalue weighted by atomic mass is 32.1. The molecule has 86 valence electrons. The van der Waals surface area contributed by atoms with Crippen LogP contribution in [-0.4, -0.2) is 5.25 Å². The number of rotatable bonds is 10. The Morgan fingerprint density at radius 1 is 0.714 bits per heavy atom. The Hall–Kier alpha value is 0.350. The van der Waals surface area contributed by atoms with Crippen LogP contribution >= 0.6 is 12.6 Å². The van der Waals surface area contributed by atoms with Gasteiger partial charge in [0, 0.05) is 5.25 Å². The second-order valence-electron chi connectivity index (χ2n) is 4.35. The Morgan fingerprint density at radius 2 is 1.29 bits per heavy atom. The summed E-state index contributed by atoms with van der Waals surface area (Å²) in [5.41, 5.74) is 0. The van der Waals surface area contributed by atoms with Crippen LogP contribution in [0.25, 0.3) is 0 Å². The average Bonchev–Trinajstić information content (AvgIpc) is 2.17. The van der Waals surface area contributed by atoms with Crippen molar-refractivity contribution in [3.8, 4) is 0 Å². The fourth-order valence-electron chi connectivity index (χ4n) is 1.81. The summed E-state index contributed by atoms with van der Waals surface area (Å²) in [4.78, 5) is 0. The third kappa shape index (κ3) is 10.4. The number of unbranched alkanes of at least 4 members (excludes halogenated alkanes) is 6. The van der Waals surface area contributed by atoms with Gasteiger partial charge in [-0.3, -0.25) is 0 Å². The predicted octanol–water partition coefficient (Wildman–Crippen LogP) is 5.23. The lowest BCUT2D eigenvalue weighted by Gasteiger charge is -2.08. The third-order valence-electron chi connectivity index (χ3n) is 2.76. The van der Waals surface area contributed by atoms with Crippen molar-refractivity contribution in [1.29, 1.82) is 0 Å². The monoisotopic (exact) mass is 216 g/mol. The van der Waals surface area contributed by atoms with Crippen molar-refractivity contribution in [3.63, 3.8) is 0 Å². The summed E-state index contributed by atoms with van der Waals surface area (Å²) in [6, 6.07) is 0. The van der Waals surface area contributed by atoms with Gasteiger partial charge >= 0.3 is 0 Å². The van der Waals surface area contributed by atoms with Gasteiger partial charge in [-0.1, -0.05) is 65.2 Å². The van der Waals surface area contributed by atoms with Crippen LogP contribution in [0.15, 0.2) is 0 Å². The zero-order chi connectivity index (χ0) is 10.6. The molecule has 0 spiro atoms. The summed E-state index contributed by atoms with van der Waals surface area (Å²) in [5.74, 6) is 0.